The van der Waals surface area contributed by atoms with Crippen LogP contribution in [0.1, 0.15) is 29.2 Å². The highest BCUT2D eigenvalue weighted by molar-refractivity contribution is 7.98. The van der Waals surface area contributed by atoms with E-state index in [-0.39, 0.29) is 0 Å². The summed E-state index contributed by atoms with van der Waals surface area (Å²) in [5, 5.41) is 16.3. The first-order chi connectivity index (χ1) is 12.8. The molecule has 5 nitrogen and oxygen atoms in total. The lowest BCUT2D eigenvalue weighted by Crippen LogP contribution is -2.44. The van der Waals surface area contributed by atoms with Gasteiger partial charge in [-0.15, -0.1) is 0 Å². The van der Waals surface area contributed by atoms with Gasteiger partial charge in [-0.25, -0.2) is 4.98 Å². The van der Waals surface area contributed by atoms with E-state index in [1.54, 1.807) is 6.20 Å². The molecule has 5 rings (SSSR count). The Morgan fingerprint density at radius 1 is 1.38 bits per heavy atom. The van der Waals surface area contributed by atoms with Crippen molar-refractivity contribution in [3.05, 3.63) is 47.3 Å². The predicted octanol–water partition coefficient (Wildman–Crippen LogP) is 3.21. The number of pyridine rings is 1. The zero-order valence-corrected chi connectivity index (χ0v) is 15.4. The van der Waals surface area contributed by atoms with E-state index in [1.165, 1.54) is 29.0 Å². The summed E-state index contributed by atoms with van der Waals surface area (Å²) in [7, 11) is 0. The van der Waals surface area contributed by atoms with Crippen LogP contribution in [-0.2, 0) is 5.75 Å². The van der Waals surface area contributed by atoms with Crippen LogP contribution in [0.25, 0.3) is 0 Å². The van der Waals surface area contributed by atoms with E-state index in [2.05, 4.69) is 38.7 Å². The van der Waals surface area contributed by atoms with Crippen LogP contribution in [0, 0.1) is 11.3 Å². The monoisotopic (exact) mass is 363 g/mol. The van der Waals surface area contributed by atoms with Crippen LogP contribution < -0.4 is 15.5 Å². The molecule has 0 amide bonds. The van der Waals surface area contributed by atoms with Crippen LogP contribution in [0.15, 0.2) is 30.5 Å². The summed E-state index contributed by atoms with van der Waals surface area (Å²) in [5.41, 5.74) is 6.64. The van der Waals surface area contributed by atoms with Gasteiger partial charge >= 0.3 is 0 Å². The SMILES string of the molecule is N#Cc1ncccc1Nc1cc2c3c(c1)[C@@H]1CNCC[C@@H]1N3CCSC2. The number of rotatable bonds is 2. The Labute approximate surface area is 157 Å². The summed E-state index contributed by atoms with van der Waals surface area (Å²) in [6.07, 6.45) is 2.88. The maximum absolute atomic E-state index is 9.32. The number of hydrogen-bond acceptors (Lipinski definition) is 6. The average Bonchev–Trinajstić information content (AvgIpc) is 2.84. The lowest BCUT2D eigenvalue weighted by atomic mass is 9.89. The van der Waals surface area contributed by atoms with E-state index < -0.39 is 0 Å². The minimum atomic E-state index is 0.437. The van der Waals surface area contributed by atoms with Crippen LogP contribution in [0.4, 0.5) is 17.1 Å². The summed E-state index contributed by atoms with van der Waals surface area (Å²) < 4.78 is 0. The van der Waals surface area contributed by atoms with Crippen LogP contribution in [0.2, 0.25) is 0 Å². The smallest absolute Gasteiger partial charge is 0.163 e. The Balaban J connectivity index is 1.58. The lowest BCUT2D eigenvalue weighted by molar-refractivity contribution is 0.406. The van der Waals surface area contributed by atoms with E-state index in [4.69, 9.17) is 0 Å². The van der Waals surface area contributed by atoms with E-state index in [0.717, 1.165) is 36.8 Å². The minimum Gasteiger partial charge on any atom is -0.367 e. The topological polar surface area (TPSA) is 64.0 Å². The molecule has 0 radical (unpaired) electrons. The third-order valence-corrected chi connectivity index (χ3v) is 6.66. The fourth-order valence-corrected chi connectivity index (χ4v) is 5.52. The van der Waals surface area contributed by atoms with Crippen molar-refractivity contribution in [2.75, 3.05) is 35.6 Å². The van der Waals surface area contributed by atoms with Crippen LogP contribution >= 0.6 is 11.8 Å². The molecule has 0 bridgehead atoms. The van der Waals surface area contributed by atoms with Crippen molar-refractivity contribution in [2.24, 2.45) is 0 Å². The number of hydrogen-bond donors (Lipinski definition) is 2. The molecule has 0 saturated carbocycles. The summed E-state index contributed by atoms with van der Waals surface area (Å²) in [6, 6.07) is 11.2. The zero-order chi connectivity index (χ0) is 17.5. The van der Waals surface area contributed by atoms with E-state index in [9.17, 15) is 5.26 Å². The van der Waals surface area contributed by atoms with Gasteiger partial charge in [0.2, 0.25) is 0 Å². The zero-order valence-electron chi connectivity index (χ0n) is 14.5. The molecule has 1 aromatic heterocycles. The van der Waals surface area contributed by atoms with E-state index in [1.807, 2.05) is 23.9 Å². The lowest BCUT2D eigenvalue weighted by Gasteiger charge is -2.33. The molecule has 1 aromatic carbocycles. The van der Waals surface area contributed by atoms with Crippen molar-refractivity contribution in [2.45, 2.75) is 24.1 Å². The standard InChI is InChI=1S/C20H21N5S/c21-10-18-17(2-1-4-23-18)24-14-8-13-12-26-7-6-25-19-3-5-22-11-16(19)15(9-14)20(13)25/h1-2,4,8-9,16,19,22,24H,3,5-7,11-12H2/t16-,19-/m0/s1. The number of piperidine rings is 1. The van der Waals surface area contributed by atoms with Gasteiger partial charge in [-0.3, -0.25) is 0 Å². The molecular formula is C20H21N5S. The Morgan fingerprint density at radius 3 is 3.27 bits per heavy atom. The summed E-state index contributed by atoms with van der Waals surface area (Å²) in [6.45, 7) is 3.32. The second-order valence-corrected chi connectivity index (χ2v) is 8.23. The first-order valence-electron chi connectivity index (χ1n) is 9.19. The minimum absolute atomic E-state index is 0.437. The maximum atomic E-state index is 9.32. The van der Waals surface area contributed by atoms with Crippen LogP contribution in [0.3, 0.4) is 0 Å². The van der Waals surface area contributed by atoms with Gasteiger partial charge in [0.1, 0.15) is 6.07 Å². The molecule has 1 saturated heterocycles. The first kappa shape index (κ1) is 16.0. The molecule has 26 heavy (non-hydrogen) atoms. The molecule has 1 fully saturated rings. The maximum Gasteiger partial charge on any atom is 0.163 e. The van der Waals surface area contributed by atoms with Gasteiger partial charge in [0.05, 0.1) is 5.69 Å². The number of fused-ring (bicyclic) bond motifs is 3. The normalized spacial score (nSPS) is 23.6. The second kappa shape index (κ2) is 6.49. The third kappa shape index (κ3) is 2.54. The van der Waals surface area contributed by atoms with Crippen LogP contribution in [-0.4, -0.2) is 36.4 Å². The molecule has 3 aliphatic heterocycles. The molecule has 2 aromatic rings. The van der Waals surface area contributed by atoms with Crippen molar-refractivity contribution in [3.63, 3.8) is 0 Å². The fraction of sp³-hybridized carbons (Fsp3) is 0.400. The number of aromatic nitrogens is 1. The Hall–Kier alpha value is -2.23. The molecule has 2 N–H and O–H groups in total. The molecule has 2 atom stereocenters. The van der Waals surface area contributed by atoms with Crippen LogP contribution in [0.5, 0.6) is 0 Å². The van der Waals surface area contributed by atoms with Gasteiger partial charge < -0.3 is 15.5 Å². The van der Waals surface area contributed by atoms with Crippen molar-refractivity contribution in [1.29, 1.82) is 5.26 Å². The molecule has 132 valence electrons. The summed E-state index contributed by atoms with van der Waals surface area (Å²) >= 11 is 2.02. The Kier molecular flexibility index (Phi) is 3.99. The van der Waals surface area contributed by atoms with Gasteiger partial charge in [-0.05, 0) is 48.4 Å². The quantitative estimate of drug-likeness (QED) is 0.854. The average molecular weight is 363 g/mol. The molecular weight excluding hydrogens is 342 g/mol. The molecule has 0 spiro atoms. The number of benzene rings is 1. The third-order valence-electron chi connectivity index (χ3n) is 5.68. The molecule has 0 aliphatic carbocycles. The first-order valence-corrected chi connectivity index (χ1v) is 10.3. The number of thioether (sulfide) groups is 1. The summed E-state index contributed by atoms with van der Waals surface area (Å²) in [4.78, 5) is 6.84. The number of nitrogens with zero attached hydrogens (tertiary/aromatic N) is 3. The Bertz CT molecular complexity index is 890. The van der Waals surface area contributed by atoms with Gasteiger partial charge in [-0.2, -0.15) is 17.0 Å². The highest BCUT2D eigenvalue weighted by Crippen LogP contribution is 2.48. The molecule has 4 heterocycles. The van der Waals surface area contributed by atoms with E-state index in [0.29, 0.717) is 17.7 Å². The number of anilines is 3. The van der Waals surface area contributed by atoms with Crippen molar-refractivity contribution in [1.82, 2.24) is 10.3 Å². The van der Waals surface area contributed by atoms with Crippen molar-refractivity contribution in [3.8, 4) is 6.07 Å². The van der Waals surface area contributed by atoms with Crippen molar-refractivity contribution < 1.29 is 0 Å². The molecule has 6 heteroatoms. The van der Waals surface area contributed by atoms with Crippen molar-refractivity contribution >= 4 is 28.8 Å². The highest BCUT2D eigenvalue weighted by atomic mass is 32.2. The molecule has 0 unspecified atom stereocenters. The second-order valence-electron chi connectivity index (χ2n) is 7.12. The highest BCUT2D eigenvalue weighted by Gasteiger charge is 2.41. The van der Waals surface area contributed by atoms with Gasteiger partial charge in [0, 0.05) is 54.1 Å². The van der Waals surface area contributed by atoms with Gasteiger partial charge in [0.15, 0.2) is 5.69 Å². The van der Waals surface area contributed by atoms with Gasteiger partial charge in [0.25, 0.3) is 0 Å². The number of nitriles is 1. The van der Waals surface area contributed by atoms with Gasteiger partial charge in [-0.1, -0.05) is 0 Å². The Morgan fingerprint density at radius 2 is 2.35 bits per heavy atom. The number of nitrogens with one attached hydrogen (secondary N) is 2. The summed E-state index contributed by atoms with van der Waals surface area (Å²) in [5.74, 6) is 2.81. The largest absolute Gasteiger partial charge is 0.367 e. The predicted molar refractivity (Wildman–Crippen MR) is 106 cm³/mol. The molecule has 3 aliphatic rings. The fourth-order valence-electron chi connectivity index (χ4n) is 4.61. The van der Waals surface area contributed by atoms with E-state index >= 15 is 0 Å².